The van der Waals surface area contributed by atoms with Crippen LogP contribution in [-0.4, -0.2) is 56.7 Å². The molecule has 14 heteroatoms. The number of benzene rings is 1. The van der Waals surface area contributed by atoms with Crippen molar-refractivity contribution >= 4 is 41.1 Å². The number of ether oxygens (including phenoxy) is 4. The van der Waals surface area contributed by atoms with Crippen molar-refractivity contribution < 1.29 is 37.9 Å². The normalized spacial score (nSPS) is 12.7. The minimum absolute atomic E-state index is 0.00834. The maximum absolute atomic E-state index is 13.7. The van der Waals surface area contributed by atoms with Crippen LogP contribution < -0.4 is 24.8 Å². The van der Waals surface area contributed by atoms with Crippen LogP contribution >= 0.6 is 0 Å². The average molecular weight is 638 g/mol. The van der Waals surface area contributed by atoms with Gasteiger partial charge in [0.25, 0.3) is 5.88 Å². The van der Waals surface area contributed by atoms with Gasteiger partial charge in [-0.25, -0.2) is 19.2 Å². The van der Waals surface area contributed by atoms with Gasteiger partial charge in [-0.05, 0) is 68.4 Å². The lowest BCUT2D eigenvalue weighted by Gasteiger charge is -2.29. The van der Waals surface area contributed by atoms with Crippen molar-refractivity contribution in [2.24, 2.45) is 0 Å². The summed E-state index contributed by atoms with van der Waals surface area (Å²) < 4.78 is 25.8. The van der Waals surface area contributed by atoms with E-state index >= 15 is 0 Å². The van der Waals surface area contributed by atoms with Gasteiger partial charge in [0.15, 0.2) is 11.2 Å². The van der Waals surface area contributed by atoms with Crippen LogP contribution in [0.3, 0.4) is 0 Å². The molecule has 0 spiro atoms. The third-order valence-corrected chi connectivity index (χ3v) is 6.20. The lowest BCUT2D eigenvalue weighted by Crippen LogP contribution is -2.49. The third kappa shape index (κ3) is 7.11. The third-order valence-electron chi connectivity index (χ3n) is 6.20. The molecular weight excluding hydrogens is 596 g/mol. The fraction of sp³-hybridized carbons (Fsp3) is 0.469. The summed E-state index contributed by atoms with van der Waals surface area (Å²) in [6.07, 6.45) is -1.54. The van der Waals surface area contributed by atoms with Gasteiger partial charge in [0.1, 0.15) is 29.1 Å². The molecule has 1 aliphatic heterocycles. The van der Waals surface area contributed by atoms with E-state index in [2.05, 4.69) is 11.6 Å². The second-order valence-corrected chi connectivity index (χ2v) is 13.6. The highest BCUT2D eigenvalue weighted by atomic mass is 16.6. The van der Waals surface area contributed by atoms with Crippen LogP contribution in [-0.2, 0) is 27.4 Å². The average Bonchev–Trinajstić information content (AvgIpc) is 2.90. The highest BCUT2D eigenvalue weighted by Gasteiger charge is 2.42. The Hall–Kier alpha value is -5.01. The first-order valence-electron chi connectivity index (χ1n) is 14.7. The van der Waals surface area contributed by atoms with Crippen molar-refractivity contribution in [3.8, 4) is 11.6 Å². The highest BCUT2D eigenvalue weighted by molar-refractivity contribution is 6.14. The highest BCUT2D eigenvalue weighted by Crippen LogP contribution is 2.36. The van der Waals surface area contributed by atoms with Gasteiger partial charge in [0.05, 0.1) is 7.05 Å². The topological polar surface area (TPSA) is 146 Å². The maximum atomic E-state index is 13.7. The Morgan fingerprint density at radius 3 is 2.02 bits per heavy atom. The van der Waals surface area contributed by atoms with Gasteiger partial charge in [-0.3, -0.25) is 4.57 Å². The Balaban J connectivity index is 2.17. The van der Waals surface area contributed by atoms with Crippen LogP contribution in [0, 0.1) is 0 Å². The predicted molar refractivity (Wildman–Crippen MR) is 169 cm³/mol. The number of hydrogen-bond donors (Lipinski definition) is 0. The van der Waals surface area contributed by atoms with Gasteiger partial charge in [0.2, 0.25) is 5.65 Å². The van der Waals surface area contributed by atoms with Crippen LogP contribution in [0.5, 0.6) is 5.88 Å². The molecule has 0 radical (unpaired) electrons. The standard InChI is InChI=1S/C32H41N6O8/c1-12-17-36-22-21(23(34-26(36)39)38(28(41)45-31(5,6)7)29(42)46-32(8,9)10)24-37(20-16-14-13-15-19(20)18-43-24)25(33-22)35(11)27(40)44-30(2,3)4/h12-16H,1,17-18H2,2-11H3/q+1. The van der Waals surface area contributed by atoms with Crippen molar-refractivity contribution in [3.63, 3.8) is 0 Å². The largest absolute Gasteiger partial charge is 0.479 e. The fourth-order valence-electron chi connectivity index (χ4n) is 4.49. The number of imide groups is 1. The van der Waals surface area contributed by atoms with Crippen molar-refractivity contribution in [1.82, 2.24) is 14.5 Å². The molecule has 3 heterocycles. The predicted octanol–water partition coefficient (Wildman–Crippen LogP) is 5.19. The minimum Gasteiger partial charge on any atom is -0.462 e. The Morgan fingerprint density at radius 1 is 0.935 bits per heavy atom. The molecule has 1 aromatic carbocycles. The molecule has 0 saturated carbocycles. The molecule has 0 N–H and O–H groups in total. The SMILES string of the molecule is C=CCn1c(=O)nc(N(C(=O)OC(C)(C)C)C(=O)OC(C)(C)C)c2c3[n+](c(N(C)C(=O)OC(C)(C)C)nc21)-c1ccccc1CO3. The monoisotopic (exact) mass is 637 g/mol. The van der Waals surface area contributed by atoms with E-state index in [4.69, 9.17) is 23.9 Å². The number of para-hydroxylation sites is 1. The molecular formula is C32H41N6O8+. The summed E-state index contributed by atoms with van der Waals surface area (Å²) in [6, 6.07) is 7.28. The maximum Gasteiger partial charge on any atom is 0.479 e. The number of fused-ring (bicyclic) bond motifs is 5. The molecule has 14 nitrogen and oxygen atoms in total. The van der Waals surface area contributed by atoms with E-state index in [1.807, 2.05) is 12.1 Å². The number of hydrogen-bond acceptors (Lipinski definition) is 10. The van der Waals surface area contributed by atoms with E-state index in [-0.39, 0.29) is 36.0 Å². The lowest BCUT2D eigenvalue weighted by atomic mass is 10.1. The lowest BCUT2D eigenvalue weighted by molar-refractivity contribution is -0.596. The van der Waals surface area contributed by atoms with E-state index < -0.39 is 46.6 Å². The molecule has 2 aromatic heterocycles. The summed E-state index contributed by atoms with van der Waals surface area (Å²) in [5, 5.41) is 0.00834. The summed E-state index contributed by atoms with van der Waals surface area (Å²) in [7, 11) is 1.47. The number of anilines is 2. The second kappa shape index (κ2) is 12.1. The number of allylic oxidation sites excluding steroid dienone is 1. The molecule has 0 unspecified atom stereocenters. The number of carbonyl (C=O) groups excluding carboxylic acids is 3. The van der Waals surface area contributed by atoms with Crippen LogP contribution in [0.4, 0.5) is 26.1 Å². The smallest absolute Gasteiger partial charge is 0.462 e. The Bertz CT molecular complexity index is 1750. The molecule has 4 rings (SSSR count). The molecule has 246 valence electrons. The molecule has 0 aliphatic carbocycles. The Kier molecular flexibility index (Phi) is 8.88. The molecule has 0 bridgehead atoms. The van der Waals surface area contributed by atoms with Crippen LogP contribution in [0.1, 0.15) is 67.9 Å². The van der Waals surface area contributed by atoms with E-state index in [1.165, 1.54) is 22.6 Å². The van der Waals surface area contributed by atoms with E-state index in [1.54, 1.807) is 79.0 Å². The molecule has 0 saturated heterocycles. The summed E-state index contributed by atoms with van der Waals surface area (Å²) in [6.45, 7) is 18.7. The van der Waals surface area contributed by atoms with Gasteiger partial charge >= 0.3 is 29.9 Å². The first kappa shape index (κ1) is 33.9. The zero-order chi connectivity index (χ0) is 34.4. The number of aromatic nitrogens is 4. The van der Waals surface area contributed by atoms with E-state index in [9.17, 15) is 19.2 Å². The minimum atomic E-state index is -1.14. The van der Waals surface area contributed by atoms with Crippen LogP contribution in [0.15, 0.2) is 41.7 Å². The van der Waals surface area contributed by atoms with Gasteiger partial charge < -0.3 is 18.9 Å². The van der Waals surface area contributed by atoms with Gasteiger partial charge in [-0.15, -0.1) is 6.58 Å². The molecule has 46 heavy (non-hydrogen) atoms. The molecule has 1 aliphatic rings. The Labute approximate surface area is 267 Å². The zero-order valence-electron chi connectivity index (χ0n) is 28.0. The van der Waals surface area contributed by atoms with Crippen molar-refractivity contribution in [3.05, 3.63) is 53.0 Å². The summed E-state index contributed by atoms with van der Waals surface area (Å²) >= 11 is 0. The van der Waals surface area contributed by atoms with Crippen molar-refractivity contribution in [2.45, 2.75) is 92.3 Å². The van der Waals surface area contributed by atoms with Crippen LogP contribution in [0.2, 0.25) is 0 Å². The van der Waals surface area contributed by atoms with Crippen LogP contribution in [0.25, 0.3) is 16.7 Å². The summed E-state index contributed by atoms with van der Waals surface area (Å²) in [4.78, 5) is 65.1. The van der Waals surface area contributed by atoms with Gasteiger partial charge in [-0.1, -0.05) is 29.3 Å². The van der Waals surface area contributed by atoms with E-state index in [0.29, 0.717) is 10.6 Å². The van der Waals surface area contributed by atoms with Crippen molar-refractivity contribution in [2.75, 3.05) is 16.8 Å². The number of nitrogens with zero attached hydrogens (tertiary/aromatic N) is 6. The number of rotatable bonds is 4. The first-order chi connectivity index (χ1) is 21.2. The zero-order valence-corrected chi connectivity index (χ0v) is 28.0. The Morgan fingerprint density at radius 2 is 1.48 bits per heavy atom. The summed E-state index contributed by atoms with van der Waals surface area (Å²) in [5.41, 5.74) is -2.46. The summed E-state index contributed by atoms with van der Waals surface area (Å²) in [5.74, 6) is -0.350. The quantitative estimate of drug-likeness (QED) is 0.213. The molecule has 3 amide bonds. The number of carbonyl (C=O) groups is 3. The van der Waals surface area contributed by atoms with Gasteiger partial charge in [-0.2, -0.15) is 19.4 Å². The molecule has 0 fully saturated rings. The van der Waals surface area contributed by atoms with E-state index in [0.717, 1.165) is 5.56 Å². The second-order valence-electron chi connectivity index (χ2n) is 13.6. The molecule has 0 atom stereocenters. The number of amides is 3. The first-order valence-corrected chi connectivity index (χ1v) is 14.7. The molecule has 3 aromatic rings. The van der Waals surface area contributed by atoms with Gasteiger partial charge in [0, 0.05) is 12.1 Å². The fourth-order valence-corrected chi connectivity index (χ4v) is 4.49. The van der Waals surface area contributed by atoms with Crippen molar-refractivity contribution in [1.29, 1.82) is 0 Å².